The molecule has 0 saturated heterocycles. The van der Waals surface area contributed by atoms with Gasteiger partial charge in [-0.1, -0.05) is 0 Å². The van der Waals surface area contributed by atoms with E-state index in [-0.39, 0.29) is 29.6 Å². The van der Waals surface area contributed by atoms with E-state index in [9.17, 15) is 25.2 Å². The van der Waals surface area contributed by atoms with Crippen LogP contribution in [0.5, 0.6) is 0 Å². The Hall–Kier alpha value is -0.490. The summed E-state index contributed by atoms with van der Waals surface area (Å²) in [4.78, 5) is 13.0. The lowest BCUT2D eigenvalue weighted by Crippen LogP contribution is -2.55. The number of rotatable bonds is 2. The molecule has 0 aromatic heterocycles. The predicted molar refractivity (Wildman–Crippen MR) is 86.9 cm³/mol. The first-order valence-corrected chi connectivity index (χ1v) is 9.67. The van der Waals surface area contributed by atoms with Crippen molar-refractivity contribution in [2.45, 2.75) is 69.2 Å². The highest BCUT2D eigenvalue weighted by Crippen LogP contribution is 2.59. The summed E-state index contributed by atoms with van der Waals surface area (Å²) in [5.74, 6) is 1.60. The third kappa shape index (κ3) is 2.39. The van der Waals surface area contributed by atoms with E-state index in [1.165, 1.54) is 0 Å². The average Bonchev–Trinajstić information content (AvgIpc) is 2.91. The number of Topliss-reactive ketones (excluding diaryl/α,β-unsaturated/α-hetero) is 1. The molecule has 0 radical (unpaired) electrons. The van der Waals surface area contributed by atoms with Gasteiger partial charge in [-0.3, -0.25) is 4.79 Å². The number of aliphatic hydroxyl groups excluding tert-OH is 3. The molecular formula is C19H30O5. The van der Waals surface area contributed by atoms with Crippen LogP contribution in [0.1, 0.15) is 51.4 Å². The summed E-state index contributed by atoms with van der Waals surface area (Å²) >= 11 is 0. The molecule has 5 heteroatoms. The molecule has 4 N–H and O–H groups in total. The summed E-state index contributed by atoms with van der Waals surface area (Å²) in [7, 11) is 0. The monoisotopic (exact) mass is 338 g/mol. The average molecular weight is 338 g/mol. The van der Waals surface area contributed by atoms with E-state index in [0.29, 0.717) is 30.6 Å². The van der Waals surface area contributed by atoms with Gasteiger partial charge in [0.25, 0.3) is 0 Å². The lowest BCUT2D eigenvalue weighted by molar-refractivity contribution is -0.160. The zero-order valence-electron chi connectivity index (χ0n) is 14.2. The van der Waals surface area contributed by atoms with E-state index in [1.54, 1.807) is 0 Å². The molecule has 5 nitrogen and oxygen atoms in total. The van der Waals surface area contributed by atoms with Gasteiger partial charge in [0.2, 0.25) is 0 Å². The highest BCUT2D eigenvalue weighted by atomic mass is 16.4. The topological polar surface area (TPSA) is 98.0 Å². The van der Waals surface area contributed by atoms with Gasteiger partial charge in [0, 0.05) is 18.3 Å². The molecule has 4 aliphatic carbocycles. The third-order valence-electron chi connectivity index (χ3n) is 7.94. The van der Waals surface area contributed by atoms with Gasteiger partial charge in [0.1, 0.15) is 11.9 Å². The second kappa shape index (κ2) is 6.04. The molecule has 4 rings (SSSR count). The van der Waals surface area contributed by atoms with Crippen molar-refractivity contribution in [1.29, 1.82) is 0 Å². The first kappa shape index (κ1) is 17.0. The van der Waals surface area contributed by atoms with Crippen LogP contribution in [0.2, 0.25) is 0 Å². The first-order chi connectivity index (χ1) is 11.5. The zero-order chi connectivity index (χ0) is 17.1. The van der Waals surface area contributed by atoms with Crippen molar-refractivity contribution >= 4 is 5.78 Å². The van der Waals surface area contributed by atoms with E-state index in [1.807, 2.05) is 0 Å². The molecule has 4 saturated carbocycles. The highest BCUT2D eigenvalue weighted by Gasteiger charge is 2.60. The fourth-order valence-electron chi connectivity index (χ4n) is 6.85. The summed E-state index contributed by atoms with van der Waals surface area (Å²) in [6.45, 7) is -0.454. The van der Waals surface area contributed by atoms with Crippen LogP contribution in [0.3, 0.4) is 0 Å². The van der Waals surface area contributed by atoms with E-state index in [2.05, 4.69) is 0 Å². The Morgan fingerprint density at radius 2 is 1.83 bits per heavy atom. The van der Waals surface area contributed by atoms with E-state index in [4.69, 9.17) is 0 Å². The normalized spacial score (nSPS) is 52.3. The Labute approximate surface area is 143 Å². The number of fused-ring (bicyclic) bond motifs is 5. The van der Waals surface area contributed by atoms with Crippen LogP contribution in [0.4, 0.5) is 0 Å². The predicted octanol–water partition coefficient (Wildman–Crippen LogP) is 0.873. The van der Waals surface area contributed by atoms with Gasteiger partial charge < -0.3 is 20.4 Å². The summed E-state index contributed by atoms with van der Waals surface area (Å²) in [6, 6.07) is 0. The van der Waals surface area contributed by atoms with Crippen LogP contribution < -0.4 is 0 Å². The molecule has 136 valence electrons. The van der Waals surface area contributed by atoms with Crippen molar-refractivity contribution < 1.29 is 25.2 Å². The van der Waals surface area contributed by atoms with Gasteiger partial charge in [0.05, 0.1) is 18.3 Å². The summed E-state index contributed by atoms with van der Waals surface area (Å²) < 4.78 is 0. The van der Waals surface area contributed by atoms with Crippen LogP contribution >= 0.6 is 0 Å². The molecule has 0 bridgehead atoms. The minimum Gasteiger partial charge on any atom is -0.394 e. The van der Waals surface area contributed by atoms with E-state index < -0.39 is 18.3 Å². The standard InChI is InChI=1S/C19H30O5/c20-9-17(23)19(24)6-5-13-14-3-1-10-7-11(21)2-4-12(10)18(14)16(22)8-15(13)19/h10-15,17-18,20-21,23-24H,1-9H2/t10-,11-,12?,13?,14?,15?,17+,18?,19-/m1/s1. The van der Waals surface area contributed by atoms with Crippen LogP contribution in [-0.2, 0) is 4.79 Å². The summed E-state index contributed by atoms with van der Waals surface area (Å²) in [6.07, 6.45) is 4.95. The number of carbonyl (C=O) groups excluding carboxylic acids is 1. The maximum absolute atomic E-state index is 13.0. The van der Waals surface area contributed by atoms with Crippen LogP contribution in [0.15, 0.2) is 0 Å². The molecule has 4 aliphatic rings. The van der Waals surface area contributed by atoms with Gasteiger partial charge in [-0.2, -0.15) is 0 Å². The second-order valence-corrected chi connectivity index (χ2v) is 8.83. The molecule has 5 unspecified atom stereocenters. The molecule has 0 heterocycles. The van der Waals surface area contributed by atoms with Gasteiger partial charge in [-0.15, -0.1) is 0 Å². The molecule has 0 spiro atoms. The van der Waals surface area contributed by atoms with Crippen molar-refractivity contribution in [2.75, 3.05) is 6.61 Å². The molecule has 24 heavy (non-hydrogen) atoms. The van der Waals surface area contributed by atoms with Gasteiger partial charge in [-0.25, -0.2) is 0 Å². The second-order valence-electron chi connectivity index (χ2n) is 8.83. The minimum absolute atomic E-state index is 0.0890. The van der Waals surface area contributed by atoms with Crippen LogP contribution in [0.25, 0.3) is 0 Å². The van der Waals surface area contributed by atoms with Crippen molar-refractivity contribution in [2.24, 2.45) is 35.5 Å². The van der Waals surface area contributed by atoms with Gasteiger partial charge in [-0.05, 0) is 68.6 Å². The van der Waals surface area contributed by atoms with Crippen molar-refractivity contribution in [3.05, 3.63) is 0 Å². The maximum Gasteiger partial charge on any atom is 0.136 e. The molecule has 0 aromatic rings. The Morgan fingerprint density at radius 1 is 1.08 bits per heavy atom. The Morgan fingerprint density at radius 3 is 2.58 bits per heavy atom. The fraction of sp³-hybridized carbons (Fsp3) is 0.947. The van der Waals surface area contributed by atoms with Crippen LogP contribution in [0, 0.1) is 35.5 Å². The fourth-order valence-corrected chi connectivity index (χ4v) is 6.85. The molecular weight excluding hydrogens is 308 g/mol. The van der Waals surface area contributed by atoms with Crippen molar-refractivity contribution in [3.63, 3.8) is 0 Å². The third-order valence-corrected chi connectivity index (χ3v) is 7.94. The van der Waals surface area contributed by atoms with Crippen molar-refractivity contribution in [3.8, 4) is 0 Å². The minimum atomic E-state index is -1.31. The number of hydrogen-bond donors (Lipinski definition) is 4. The summed E-state index contributed by atoms with van der Waals surface area (Å²) in [5, 5.41) is 40.3. The zero-order valence-corrected chi connectivity index (χ0v) is 14.2. The Balaban J connectivity index is 1.59. The highest BCUT2D eigenvalue weighted by molar-refractivity contribution is 5.83. The molecule has 9 atom stereocenters. The molecule has 4 fully saturated rings. The number of carbonyl (C=O) groups is 1. The van der Waals surface area contributed by atoms with E-state index in [0.717, 1.165) is 38.5 Å². The number of ketones is 1. The van der Waals surface area contributed by atoms with Crippen LogP contribution in [-0.4, -0.2) is 50.6 Å². The van der Waals surface area contributed by atoms with E-state index >= 15 is 0 Å². The largest absolute Gasteiger partial charge is 0.394 e. The Bertz CT molecular complexity index is 508. The number of hydrogen-bond acceptors (Lipinski definition) is 5. The van der Waals surface area contributed by atoms with Crippen molar-refractivity contribution in [1.82, 2.24) is 0 Å². The van der Waals surface area contributed by atoms with Gasteiger partial charge in [0.15, 0.2) is 0 Å². The smallest absolute Gasteiger partial charge is 0.136 e. The maximum atomic E-state index is 13.0. The molecule has 0 amide bonds. The van der Waals surface area contributed by atoms with Gasteiger partial charge >= 0.3 is 0 Å². The molecule has 0 aromatic carbocycles. The first-order valence-electron chi connectivity index (χ1n) is 9.67. The quantitative estimate of drug-likeness (QED) is 0.599. The Kier molecular flexibility index (Phi) is 4.27. The SMILES string of the molecule is O=C1CC2C(CC[C@]2(O)[C@@H](O)CO)C2CC[C@@H]3C[C@H](O)CCC3C12. The number of aliphatic hydroxyl groups is 4. The lowest BCUT2D eigenvalue weighted by atomic mass is 9.52. The molecule has 0 aliphatic heterocycles. The lowest BCUT2D eigenvalue weighted by Gasteiger charge is -2.52. The summed E-state index contributed by atoms with van der Waals surface area (Å²) in [5.41, 5.74) is -1.31.